The molecule has 0 aliphatic carbocycles. The summed E-state index contributed by atoms with van der Waals surface area (Å²) in [6.07, 6.45) is -32.7. The molecule has 0 aromatic heterocycles. The standard InChI is InChI=1S/C27H48O20/c1-7(2)22-24(47-26-20(39)17(36)13(32)9(4-29)44-26)23(15(34)10(5-30)42-22)46-27-21(40)18(37)14(33)11(45-27)6-41-25-19(38)16(35)12(31)8(3-28)43-25/h7-40H,3-6H2,1-2H3/t8-,9-,10-,11-,12-,13-,14-,15-,16+,17+,18+,19-,20-,21-,22+,23+,24+,25+,26+,27+/m1/s1. The smallest absolute Gasteiger partial charge is 0.187 e. The molecule has 0 radical (unpaired) electrons. The third-order valence-corrected chi connectivity index (χ3v) is 8.91. The molecule has 0 spiro atoms. The number of aliphatic hydroxyl groups is 13. The molecule has 4 saturated heterocycles. The molecule has 4 rings (SSSR count). The minimum atomic E-state index is -1.96. The summed E-state index contributed by atoms with van der Waals surface area (Å²) in [4.78, 5) is 0. The predicted octanol–water partition coefficient (Wildman–Crippen LogP) is -8.04. The van der Waals surface area contributed by atoms with Crippen molar-refractivity contribution in [1.82, 2.24) is 0 Å². The number of aliphatic hydroxyl groups excluding tert-OH is 13. The monoisotopic (exact) mass is 692 g/mol. The Morgan fingerprint density at radius 1 is 0.447 bits per heavy atom. The van der Waals surface area contributed by atoms with Crippen molar-refractivity contribution in [3.05, 3.63) is 0 Å². The highest BCUT2D eigenvalue weighted by molar-refractivity contribution is 4.99. The molecule has 20 heteroatoms. The van der Waals surface area contributed by atoms with Crippen LogP contribution in [0.5, 0.6) is 0 Å². The molecule has 13 N–H and O–H groups in total. The lowest BCUT2D eigenvalue weighted by molar-refractivity contribution is -0.376. The van der Waals surface area contributed by atoms with E-state index >= 15 is 0 Å². The quantitative estimate of drug-likeness (QED) is 0.0956. The van der Waals surface area contributed by atoms with Crippen LogP contribution in [0.2, 0.25) is 0 Å². The van der Waals surface area contributed by atoms with E-state index in [1.54, 1.807) is 13.8 Å². The van der Waals surface area contributed by atoms with Crippen molar-refractivity contribution in [3.63, 3.8) is 0 Å². The van der Waals surface area contributed by atoms with E-state index in [9.17, 15) is 66.4 Å². The summed E-state index contributed by atoms with van der Waals surface area (Å²) < 4.78 is 39.6. The summed E-state index contributed by atoms with van der Waals surface area (Å²) in [5, 5.41) is 134. The van der Waals surface area contributed by atoms with Gasteiger partial charge >= 0.3 is 0 Å². The van der Waals surface area contributed by atoms with Crippen LogP contribution < -0.4 is 0 Å². The molecule has 276 valence electrons. The molecule has 0 saturated carbocycles. The summed E-state index contributed by atoms with van der Waals surface area (Å²) in [6, 6.07) is 0. The van der Waals surface area contributed by atoms with E-state index in [4.69, 9.17) is 33.2 Å². The van der Waals surface area contributed by atoms with Gasteiger partial charge < -0.3 is 99.5 Å². The second-order valence-corrected chi connectivity index (χ2v) is 12.5. The van der Waals surface area contributed by atoms with Crippen molar-refractivity contribution in [1.29, 1.82) is 0 Å². The first-order chi connectivity index (χ1) is 22.2. The van der Waals surface area contributed by atoms with Crippen molar-refractivity contribution in [2.24, 2.45) is 5.92 Å². The third-order valence-electron chi connectivity index (χ3n) is 8.91. The molecule has 4 aliphatic heterocycles. The average molecular weight is 693 g/mol. The molecule has 20 atom stereocenters. The topological polar surface area (TPSA) is 328 Å². The van der Waals surface area contributed by atoms with Crippen LogP contribution in [0.3, 0.4) is 0 Å². The van der Waals surface area contributed by atoms with Gasteiger partial charge in [0.2, 0.25) is 0 Å². The summed E-state index contributed by atoms with van der Waals surface area (Å²) >= 11 is 0. The van der Waals surface area contributed by atoms with E-state index in [1.165, 1.54) is 0 Å². The van der Waals surface area contributed by atoms with Gasteiger partial charge in [0, 0.05) is 0 Å². The molecule has 4 aliphatic rings. The highest BCUT2D eigenvalue weighted by atomic mass is 16.8. The molecule has 20 nitrogen and oxygen atoms in total. The van der Waals surface area contributed by atoms with Gasteiger partial charge in [-0.15, -0.1) is 0 Å². The maximum absolute atomic E-state index is 11.2. The molecular weight excluding hydrogens is 644 g/mol. The van der Waals surface area contributed by atoms with Crippen molar-refractivity contribution in [2.75, 3.05) is 26.4 Å². The number of hydrogen-bond donors (Lipinski definition) is 13. The second kappa shape index (κ2) is 16.5. The second-order valence-electron chi connectivity index (χ2n) is 12.5. The summed E-state index contributed by atoms with van der Waals surface area (Å²) in [5.41, 5.74) is 0. The summed E-state index contributed by atoms with van der Waals surface area (Å²) in [7, 11) is 0. The van der Waals surface area contributed by atoms with Crippen LogP contribution in [0.15, 0.2) is 0 Å². The number of rotatable bonds is 11. The molecule has 4 fully saturated rings. The van der Waals surface area contributed by atoms with Gasteiger partial charge in [-0.3, -0.25) is 0 Å². The average Bonchev–Trinajstić information content (AvgIpc) is 3.05. The fourth-order valence-corrected chi connectivity index (χ4v) is 6.00. The zero-order valence-electron chi connectivity index (χ0n) is 25.6. The van der Waals surface area contributed by atoms with Crippen LogP contribution in [-0.2, 0) is 33.2 Å². The molecule has 0 aromatic carbocycles. The first kappa shape index (κ1) is 39.0. The molecule has 0 amide bonds. The van der Waals surface area contributed by atoms with Gasteiger partial charge in [0.15, 0.2) is 18.9 Å². The Morgan fingerprint density at radius 2 is 0.830 bits per heavy atom. The van der Waals surface area contributed by atoms with Gasteiger partial charge in [-0.05, 0) is 5.92 Å². The predicted molar refractivity (Wildman–Crippen MR) is 147 cm³/mol. The minimum absolute atomic E-state index is 0.429. The first-order valence-electron chi connectivity index (χ1n) is 15.3. The van der Waals surface area contributed by atoms with Crippen LogP contribution >= 0.6 is 0 Å². The lowest BCUT2D eigenvalue weighted by Crippen LogP contribution is -2.67. The maximum Gasteiger partial charge on any atom is 0.187 e. The molecule has 0 aromatic rings. The van der Waals surface area contributed by atoms with Crippen LogP contribution in [-0.4, -0.2) is 215 Å². The zero-order chi connectivity index (χ0) is 34.9. The van der Waals surface area contributed by atoms with Crippen molar-refractivity contribution in [3.8, 4) is 0 Å². The lowest BCUT2D eigenvalue weighted by Gasteiger charge is -2.50. The Hall–Kier alpha value is -0.800. The Bertz CT molecular complexity index is 959. The Morgan fingerprint density at radius 3 is 1.30 bits per heavy atom. The molecular formula is C27H48O20. The van der Waals surface area contributed by atoms with Crippen LogP contribution in [0.1, 0.15) is 13.8 Å². The van der Waals surface area contributed by atoms with Gasteiger partial charge in [0.05, 0.1) is 32.5 Å². The highest BCUT2D eigenvalue weighted by Crippen LogP contribution is 2.35. The van der Waals surface area contributed by atoms with Crippen LogP contribution in [0.25, 0.3) is 0 Å². The van der Waals surface area contributed by atoms with Crippen molar-refractivity contribution < 1.29 is 99.5 Å². The number of hydrogen-bond acceptors (Lipinski definition) is 20. The zero-order valence-corrected chi connectivity index (χ0v) is 25.6. The fraction of sp³-hybridized carbons (Fsp3) is 1.00. The molecule has 0 bridgehead atoms. The Balaban J connectivity index is 1.55. The fourth-order valence-electron chi connectivity index (χ4n) is 6.00. The largest absolute Gasteiger partial charge is 0.394 e. The first-order valence-corrected chi connectivity index (χ1v) is 15.3. The van der Waals surface area contributed by atoms with E-state index in [0.29, 0.717) is 0 Å². The van der Waals surface area contributed by atoms with Crippen LogP contribution in [0, 0.1) is 5.92 Å². The lowest BCUT2D eigenvalue weighted by atomic mass is 9.88. The minimum Gasteiger partial charge on any atom is -0.394 e. The van der Waals surface area contributed by atoms with Gasteiger partial charge in [-0.2, -0.15) is 0 Å². The third kappa shape index (κ3) is 8.08. The summed E-state index contributed by atoms with van der Waals surface area (Å²) in [5.74, 6) is -0.429. The highest BCUT2D eigenvalue weighted by Gasteiger charge is 2.55. The maximum atomic E-state index is 11.2. The van der Waals surface area contributed by atoms with E-state index < -0.39 is 155 Å². The Labute approximate surface area is 268 Å². The van der Waals surface area contributed by atoms with Crippen molar-refractivity contribution >= 4 is 0 Å². The van der Waals surface area contributed by atoms with E-state index in [2.05, 4.69) is 0 Å². The van der Waals surface area contributed by atoms with E-state index in [-0.39, 0.29) is 0 Å². The molecule has 4 heterocycles. The molecule has 47 heavy (non-hydrogen) atoms. The Kier molecular flexibility index (Phi) is 13.7. The molecule has 0 unspecified atom stereocenters. The van der Waals surface area contributed by atoms with Gasteiger partial charge in [0.25, 0.3) is 0 Å². The SMILES string of the molecule is CC(C)[C@@H]1O[C@H](CO)[C@@H](O)[C@H](O[C@@H]2O[C@H](CO[C@H]3O[C@H](CO)[C@@H](O)[C@H](O)[C@H]3O)[C@@H](O)[C@H](O)[C@H]2O)[C@H]1O[C@@H]1O[C@H](CO)[C@@H](O)[C@H](O)[C@H]1O. The van der Waals surface area contributed by atoms with E-state index in [0.717, 1.165) is 0 Å². The number of ether oxygens (including phenoxy) is 7. The van der Waals surface area contributed by atoms with Gasteiger partial charge in [-0.25, -0.2) is 0 Å². The normalized spacial score (nSPS) is 51.3. The van der Waals surface area contributed by atoms with E-state index in [1.807, 2.05) is 0 Å². The van der Waals surface area contributed by atoms with Gasteiger partial charge in [-0.1, -0.05) is 13.8 Å². The van der Waals surface area contributed by atoms with Gasteiger partial charge in [0.1, 0.15) is 97.7 Å². The van der Waals surface area contributed by atoms with Crippen LogP contribution in [0.4, 0.5) is 0 Å². The van der Waals surface area contributed by atoms with Crippen molar-refractivity contribution in [2.45, 2.75) is 136 Å². The summed E-state index contributed by atoms with van der Waals surface area (Å²) in [6.45, 7) is 0.514.